The summed E-state index contributed by atoms with van der Waals surface area (Å²) in [6, 6.07) is 1.47. The van der Waals surface area contributed by atoms with Crippen LogP contribution in [0.5, 0.6) is 0 Å². The number of carbonyl (C=O) groups is 2. The van der Waals surface area contributed by atoms with Crippen molar-refractivity contribution in [2.45, 2.75) is 32.2 Å². The predicted octanol–water partition coefficient (Wildman–Crippen LogP) is 1.29. The molecular formula is C15H14FN3O3. The number of hydrogen-bond donors (Lipinski definition) is 1. The number of rotatable bonds is 1. The molecule has 0 aliphatic heterocycles. The Morgan fingerprint density at radius 1 is 1.32 bits per heavy atom. The van der Waals surface area contributed by atoms with Crippen molar-refractivity contribution in [3.63, 3.8) is 0 Å². The van der Waals surface area contributed by atoms with Crippen molar-refractivity contribution in [3.05, 3.63) is 34.1 Å². The number of nitrogens with two attached hydrogens (primary N) is 1. The molecule has 1 aliphatic rings. The second-order valence-electron chi connectivity index (χ2n) is 5.46. The lowest BCUT2D eigenvalue weighted by Crippen LogP contribution is -2.36. The maximum absolute atomic E-state index is 13.4. The molecule has 1 aromatic carbocycles. The van der Waals surface area contributed by atoms with Crippen LogP contribution in [0.25, 0.3) is 10.9 Å². The number of ketones is 2. The molecule has 2 N–H and O–H groups in total. The van der Waals surface area contributed by atoms with Crippen molar-refractivity contribution in [2.75, 3.05) is 5.73 Å². The van der Waals surface area contributed by atoms with Gasteiger partial charge < -0.3 is 5.73 Å². The highest BCUT2D eigenvalue weighted by Crippen LogP contribution is 2.25. The number of hydrogen-bond acceptors (Lipinski definition) is 5. The van der Waals surface area contributed by atoms with E-state index in [0.717, 1.165) is 12.1 Å². The topological polar surface area (TPSA) is 95.0 Å². The average Bonchev–Trinajstić information content (AvgIpc) is 2.39. The molecule has 1 fully saturated rings. The van der Waals surface area contributed by atoms with Gasteiger partial charge in [0.05, 0.1) is 23.4 Å². The Hall–Kier alpha value is -2.57. The summed E-state index contributed by atoms with van der Waals surface area (Å²) in [6.45, 7) is 1.58. The summed E-state index contributed by atoms with van der Waals surface area (Å²) in [7, 11) is 0. The summed E-state index contributed by atoms with van der Waals surface area (Å²) >= 11 is 0. The number of nitrogens with zero attached hydrogens (tertiary/aromatic N) is 2. The monoisotopic (exact) mass is 303 g/mol. The number of benzene rings is 1. The zero-order valence-electron chi connectivity index (χ0n) is 11.9. The molecule has 22 heavy (non-hydrogen) atoms. The van der Waals surface area contributed by atoms with E-state index >= 15 is 0 Å². The molecule has 0 bridgehead atoms. The maximum atomic E-state index is 13.4. The Labute approximate surface area is 124 Å². The second-order valence-corrected chi connectivity index (χ2v) is 5.46. The quantitative estimate of drug-likeness (QED) is 0.632. The molecule has 1 aromatic heterocycles. The van der Waals surface area contributed by atoms with Crippen LogP contribution >= 0.6 is 0 Å². The van der Waals surface area contributed by atoms with E-state index in [9.17, 15) is 18.8 Å². The number of halogens is 1. The lowest BCUT2D eigenvalue weighted by atomic mass is 9.92. The predicted molar refractivity (Wildman–Crippen MR) is 78.0 cm³/mol. The fraction of sp³-hybridized carbons (Fsp3) is 0.333. The molecular weight excluding hydrogens is 289 g/mol. The molecule has 0 spiro atoms. The Balaban J connectivity index is 2.25. The van der Waals surface area contributed by atoms with Gasteiger partial charge >= 0.3 is 0 Å². The minimum atomic E-state index is -0.716. The van der Waals surface area contributed by atoms with E-state index in [2.05, 4.69) is 4.98 Å². The molecule has 3 rings (SSSR count). The van der Waals surface area contributed by atoms with Crippen LogP contribution in [0.2, 0.25) is 0 Å². The Kier molecular flexibility index (Phi) is 3.27. The smallest absolute Gasteiger partial charge is 0.264 e. The van der Waals surface area contributed by atoms with Gasteiger partial charge in [0.15, 0.2) is 5.78 Å². The van der Waals surface area contributed by atoms with Gasteiger partial charge in [0.1, 0.15) is 17.4 Å². The first-order valence-electron chi connectivity index (χ1n) is 6.90. The molecule has 0 unspecified atom stereocenters. The molecule has 6 nitrogen and oxygen atoms in total. The van der Waals surface area contributed by atoms with E-state index < -0.39 is 17.4 Å². The summed E-state index contributed by atoms with van der Waals surface area (Å²) in [5.41, 5.74) is 5.40. The standard InChI is InChI=1S/C15H14FN3O3/c1-7-18-11-5-8(16)4-10(17)14(11)15(22)19(7)12-3-2-9(20)6-13(12)21/h4-5,12H,2-3,6,17H2,1H3/t12-/m0/s1. The van der Waals surface area contributed by atoms with Gasteiger partial charge in [0.25, 0.3) is 5.56 Å². The van der Waals surface area contributed by atoms with Gasteiger partial charge in [0, 0.05) is 18.2 Å². The zero-order chi connectivity index (χ0) is 16.0. The van der Waals surface area contributed by atoms with Gasteiger partial charge in [-0.2, -0.15) is 0 Å². The van der Waals surface area contributed by atoms with Crippen molar-refractivity contribution >= 4 is 28.2 Å². The molecule has 114 valence electrons. The second kappa shape index (κ2) is 5.01. The first-order valence-corrected chi connectivity index (χ1v) is 6.90. The van der Waals surface area contributed by atoms with Crippen LogP contribution in [0, 0.1) is 12.7 Å². The Morgan fingerprint density at radius 3 is 2.73 bits per heavy atom. The molecule has 0 amide bonds. The number of fused-ring (bicyclic) bond motifs is 1. The number of nitrogen functional groups attached to an aromatic ring is 1. The average molecular weight is 303 g/mol. The lowest BCUT2D eigenvalue weighted by molar-refractivity contribution is -0.132. The van der Waals surface area contributed by atoms with Crippen LogP contribution < -0.4 is 11.3 Å². The summed E-state index contributed by atoms with van der Waals surface area (Å²) in [5.74, 6) is -0.700. The number of aromatic nitrogens is 2. The third-order valence-corrected chi connectivity index (χ3v) is 3.93. The summed E-state index contributed by atoms with van der Waals surface area (Å²) in [4.78, 5) is 40.3. The zero-order valence-corrected chi connectivity index (χ0v) is 11.9. The van der Waals surface area contributed by atoms with Gasteiger partial charge in [-0.05, 0) is 19.4 Å². The van der Waals surface area contributed by atoms with Crippen molar-refractivity contribution in [2.24, 2.45) is 0 Å². The summed E-state index contributed by atoms with van der Waals surface area (Å²) < 4.78 is 14.7. The third-order valence-electron chi connectivity index (χ3n) is 3.93. The number of carbonyl (C=O) groups excluding carboxylic acids is 2. The molecule has 1 atom stereocenters. The molecule has 0 radical (unpaired) electrons. The SMILES string of the molecule is Cc1nc2cc(F)cc(N)c2c(=O)n1[C@H]1CCC(=O)CC1=O. The van der Waals surface area contributed by atoms with Gasteiger partial charge in [-0.15, -0.1) is 0 Å². The van der Waals surface area contributed by atoms with E-state index in [4.69, 9.17) is 5.73 Å². The molecule has 2 aromatic rings. The van der Waals surface area contributed by atoms with Crippen LogP contribution in [0.1, 0.15) is 31.1 Å². The van der Waals surface area contributed by atoms with Crippen LogP contribution in [0.3, 0.4) is 0 Å². The highest BCUT2D eigenvalue weighted by atomic mass is 19.1. The fourth-order valence-corrected chi connectivity index (χ4v) is 2.93. The van der Waals surface area contributed by atoms with Gasteiger partial charge in [-0.1, -0.05) is 0 Å². The van der Waals surface area contributed by atoms with E-state index in [1.807, 2.05) is 0 Å². The minimum absolute atomic E-state index is 0.0133. The summed E-state index contributed by atoms with van der Waals surface area (Å²) in [6.07, 6.45) is 0.347. The van der Waals surface area contributed by atoms with Crippen LogP contribution in [-0.2, 0) is 9.59 Å². The number of Topliss-reactive ketones (excluding diaryl/α,β-unsaturated/α-hetero) is 2. The van der Waals surface area contributed by atoms with E-state index in [1.54, 1.807) is 6.92 Å². The van der Waals surface area contributed by atoms with E-state index in [0.29, 0.717) is 5.82 Å². The molecule has 1 saturated carbocycles. The van der Waals surface area contributed by atoms with Gasteiger partial charge in [-0.3, -0.25) is 19.0 Å². The largest absolute Gasteiger partial charge is 0.398 e. The fourth-order valence-electron chi connectivity index (χ4n) is 2.93. The van der Waals surface area contributed by atoms with Crippen LogP contribution in [0.15, 0.2) is 16.9 Å². The van der Waals surface area contributed by atoms with Gasteiger partial charge in [0.2, 0.25) is 0 Å². The summed E-state index contributed by atoms with van der Waals surface area (Å²) in [5, 5.41) is 0.0942. The highest BCUT2D eigenvalue weighted by Gasteiger charge is 2.30. The van der Waals surface area contributed by atoms with Crippen molar-refractivity contribution < 1.29 is 14.0 Å². The first-order chi connectivity index (χ1) is 10.4. The molecule has 0 saturated heterocycles. The Morgan fingerprint density at radius 2 is 2.05 bits per heavy atom. The number of aryl methyl sites for hydroxylation is 1. The lowest BCUT2D eigenvalue weighted by Gasteiger charge is -2.24. The molecule has 7 heteroatoms. The molecule has 1 heterocycles. The van der Waals surface area contributed by atoms with E-state index in [1.165, 1.54) is 4.57 Å². The normalized spacial score (nSPS) is 18.9. The van der Waals surface area contributed by atoms with Crippen LogP contribution in [0.4, 0.5) is 10.1 Å². The van der Waals surface area contributed by atoms with Crippen LogP contribution in [-0.4, -0.2) is 21.1 Å². The first kappa shape index (κ1) is 14.4. The third kappa shape index (κ3) is 2.18. The maximum Gasteiger partial charge on any atom is 0.264 e. The van der Waals surface area contributed by atoms with Crippen molar-refractivity contribution in [1.29, 1.82) is 0 Å². The highest BCUT2D eigenvalue weighted by molar-refractivity contribution is 6.03. The minimum Gasteiger partial charge on any atom is -0.398 e. The molecule has 1 aliphatic carbocycles. The van der Waals surface area contributed by atoms with Crippen molar-refractivity contribution in [3.8, 4) is 0 Å². The van der Waals surface area contributed by atoms with E-state index in [-0.39, 0.29) is 47.4 Å². The Bertz CT molecular complexity index is 872. The van der Waals surface area contributed by atoms with Crippen molar-refractivity contribution in [1.82, 2.24) is 9.55 Å². The number of anilines is 1. The van der Waals surface area contributed by atoms with Gasteiger partial charge in [-0.25, -0.2) is 9.37 Å².